The molecule has 0 unspecified atom stereocenters. The van der Waals surface area contributed by atoms with Gasteiger partial charge < -0.3 is 10.6 Å². The third-order valence-electron chi connectivity index (χ3n) is 4.39. The Morgan fingerprint density at radius 2 is 1.75 bits per heavy atom. The highest BCUT2D eigenvalue weighted by Crippen LogP contribution is 2.19. The molecule has 1 heterocycles. The zero-order valence-electron chi connectivity index (χ0n) is 13.9. The number of anilines is 1. The highest BCUT2D eigenvalue weighted by molar-refractivity contribution is 5.93. The van der Waals surface area contributed by atoms with Gasteiger partial charge in [0.15, 0.2) is 0 Å². The van der Waals surface area contributed by atoms with Crippen molar-refractivity contribution in [2.75, 3.05) is 11.9 Å². The molecule has 5 nitrogen and oxygen atoms in total. The number of benzene rings is 1. The van der Waals surface area contributed by atoms with Gasteiger partial charge in [-0.3, -0.25) is 4.79 Å². The van der Waals surface area contributed by atoms with Crippen molar-refractivity contribution in [2.45, 2.75) is 44.6 Å². The minimum atomic E-state index is -0.129. The SMILES string of the molecule is O=C(NCCc1ccccc1)c1cnc(NC2CCCCC2)nc1. The number of hydrogen-bond acceptors (Lipinski definition) is 4. The van der Waals surface area contributed by atoms with Gasteiger partial charge in [0, 0.05) is 25.0 Å². The van der Waals surface area contributed by atoms with Crippen LogP contribution in [0.4, 0.5) is 5.95 Å². The summed E-state index contributed by atoms with van der Waals surface area (Å²) in [5, 5.41) is 6.27. The predicted molar refractivity (Wildman–Crippen MR) is 95.0 cm³/mol. The molecular weight excluding hydrogens is 300 g/mol. The highest BCUT2D eigenvalue weighted by Gasteiger charge is 2.14. The maximum Gasteiger partial charge on any atom is 0.254 e. The highest BCUT2D eigenvalue weighted by atomic mass is 16.1. The molecule has 0 aliphatic heterocycles. The van der Waals surface area contributed by atoms with Gasteiger partial charge in [-0.05, 0) is 24.8 Å². The first kappa shape index (κ1) is 16.4. The van der Waals surface area contributed by atoms with Crippen LogP contribution < -0.4 is 10.6 Å². The van der Waals surface area contributed by atoms with E-state index >= 15 is 0 Å². The second-order valence-electron chi connectivity index (χ2n) is 6.27. The number of rotatable bonds is 6. The number of carbonyl (C=O) groups is 1. The van der Waals surface area contributed by atoms with E-state index in [9.17, 15) is 4.79 Å². The molecule has 126 valence electrons. The minimum Gasteiger partial charge on any atom is -0.352 e. The number of aromatic nitrogens is 2. The molecule has 2 aromatic rings. The van der Waals surface area contributed by atoms with Crippen LogP contribution in [0.5, 0.6) is 0 Å². The monoisotopic (exact) mass is 324 g/mol. The Morgan fingerprint density at radius 3 is 2.46 bits per heavy atom. The van der Waals surface area contributed by atoms with E-state index in [1.165, 1.54) is 37.7 Å². The molecule has 0 radical (unpaired) electrons. The Labute approximate surface area is 142 Å². The van der Waals surface area contributed by atoms with Crippen molar-refractivity contribution in [3.8, 4) is 0 Å². The first-order valence-corrected chi connectivity index (χ1v) is 8.72. The zero-order valence-corrected chi connectivity index (χ0v) is 13.9. The van der Waals surface area contributed by atoms with Crippen LogP contribution in [0, 0.1) is 0 Å². The summed E-state index contributed by atoms with van der Waals surface area (Å²) < 4.78 is 0. The standard InChI is InChI=1S/C19H24N4O/c24-18(20-12-11-15-7-3-1-4-8-15)16-13-21-19(22-14-16)23-17-9-5-2-6-10-17/h1,3-4,7-8,13-14,17H,2,5-6,9-12H2,(H,20,24)(H,21,22,23). The van der Waals surface area contributed by atoms with E-state index in [0.717, 1.165) is 6.42 Å². The van der Waals surface area contributed by atoms with Crippen LogP contribution in [0.25, 0.3) is 0 Å². The number of carbonyl (C=O) groups excluding carboxylic acids is 1. The molecule has 1 amide bonds. The van der Waals surface area contributed by atoms with Crippen LogP contribution in [0.2, 0.25) is 0 Å². The fraction of sp³-hybridized carbons (Fsp3) is 0.421. The van der Waals surface area contributed by atoms with Gasteiger partial charge in [0.05, 0.1) is 5.56 Å². The van der Waals surface area contributed by atoms with E-state index < -0.39 is 0 Å². The molecule has 24 heavy (non-hydrogen) atoms. The molecule has 5 heteroatoms. The van der Waals surface area contributed by atoms with Crippen LogP contribution in [0.1, 0.15) is 48.0 Å². The third kappa shape index (κ3) is 4.78. The van der Waals surface area contributed by atoms with E-state index in [0.29, 0.717) is 24.1 Å². The fourth-order valence-corrected chi connectivity index (χ4v) is 3.02. The molecule has 0 atom stereocenters. The molecule has 1 aliphatic rings. The van der Waals surface area contributed by atoms with E-state index in [-0.39, 0.29) is 5.91 Å². The maximum absolute atomic E-state index is 12.1. The largest absolute Gasteiger partial charge is 0.352 e. The van der Waals surface area contributed by atoms with E-state index in [1.807, 2.05) is 18.2 Å². The normalized spacial score (nSPS) is 15.0. The molecule has 3 rings (SSSR count). The third-order valence-corrected chi connectivity index (χ3v) is 4.39. The van der Waals surface area contributed by atoms with Crippen LogP contribution >= 0.6 is 0 Å². The van der Waals surface area contributed by atoms with Crippen LogP contribution in [0.3, 0.4) is 0 Å². The van der Waals surface area contributed by atoms with Crippen molar-refractivity contribution < 1.29 is 4.79 Å². The first-order valence-electron chi connectivity index (χ1n) is 8.72. The predicted octanol–water partition coefficient (Wildman–Crippen LogP) is 3.19. The van der Waals surface area contributed by atoms with Crippen molar-refractivity contribution in [3.05, 3.63) is 53.9 Å². The Morgan fingerprint density at radius 1 is 1.04 bits per heavy atom. The van der Waals surface area contributed by atoms with Gasteiger partial charge in [-0.2, -0.15) is 0 Å². The summed E-state index contributed by atoms with van der Waals surface area (Å²) >= 11 is 0. The van der Waals surface area contributed by atoms with E-state index in [4.69, 9.17) is 0 Å². The molecule has 1 saturated carbocycles. The number of amides is 1. The minimum absolute atomic E-state index is 0.129. The summed E-state index contributed by atoms with van der Waals surface area (Å²) in [4.78, 5) is 20.7. The summed E-state index contributed by atoms with van der Waals surface area (Å²) in [6, 6.07) is 10.6. The van der Waals surface area contributed by atoms with Gasteiger partial charge in [0.1, 0.15) is 0 Å². The van der Waals surface area contributed by atoms with Gasteiger partial charge in [0.2, 0.25) is 5.95 Å². The van der Waals surface area contributed by atoms with Crippen molar-refractivity contribution in [1.82, 2.24) is 15.3 Å². The van der Waals surface area contributed by atoms with Gasteiger partial charge in [-0.25, -0.2) is 9.97 Å². The van der Waals surface area contributed by atoms with Crippen LogP contribution in [-0.4, -0.2) is 28.5 Å². The van der Waals surface area contributed by atoms with Gasteiger partial charge in [-0.1, -0.05) is 49.6 Å². The van der Waals surface area contributed by atoms with E-state index in [2.05, 4.69) is 32.7 Å². The van der Waals surface area contributed by atoms with Crippen molar-refractivity contribution in [3.63, 3.8) is 0 Å². The number of nitrogens with zero attached hydrogens (tertiary/aromatic N) is 2. The summed E-state index contributed by atoms with van der Waals surface area (Å²) in [7, 11) is 0. The first-order chi connectivity index (χ1) is 11.8. The van der Waals surface area contributed by atoms with Gasteiger partial charge in [-0.15, -0.1) is 0 Å². The lowest BCUT2D eigenvalue weighted by molar-refractivity contribution is 0.0953. The van der Waals surface area contributed by atoms with Gasteiger partial charge in [0.25, 0.3) is 5.91 Å². The Hall–Kier alpha value is -2.43. The van der Waals surface area contributed by atoms with Crippen molar-refractivity contribution >= 4 is 11.9 Å². The lowest BCUT2D eigenvalue weighted by Gasteiger charge is -2.22. The molecule has 1 aromatic carbocycles. The van der Waals surface area contributed by atoms with Crippen LogP contribution in [0.15, 0.2) is 42.7 Å². The second-order valence-corrected chi connectivity index (χ2v) is 6.27. The van der Waals surface area contributed by atoms with Crippen molar-refractivity contribution in [1.29, 1.82) is 0 Å². The van der Waals surface area contributed by atoms with Gasteiger partial charge >= 0.3 is 0 Å². The maximum atomic E-state index is 12.1. The molecule has 0 bridgehead atoms. The number of nitrogens with one attached hydrogen (secondary N) is 2. The zero-order chi connectivity index (χ0) is 16.6. The summed E-state index contributed by atoms with van der Waals surface area (Å²) in [5.74, 6) is 0.484. The summed E-state index contributed by atoms with van der Waals surface area (Å²) in [6.07, 6.45) is 10.2. The van der Waals surface area contributed by atoms with Crippen molar-refractivity contribution in [2.24, 2.45) is 0 Å². The smallest absolute Gasteiger partial charge is 0.254 e. The molecule has 1 aliphatic carbocycles. The lowest BCUT2D eigenvalue weighted by atomic mass is 9.96. The molecule has 1 fully saturated rings. The molecule has 0 saturated heterocycles. The molecule has 1 aromatic heterocycles. The average molecular weight is 324 g/mol. The second kappa shape index (κ2) is 8.43. The lowest BCUT2D eigenvalue weighted by Crippen LogP contribution is -2.26. The Balaban J connectivity index is 1.46. The Kier molecular flexibility index (Phi) is 5.77. The number of hydrogen-bond donors (Lipinski definition) is 2. The Bertz CT molecular complexity index is 636. The molecule has 0 spiro atoms. The summed E-state index contributed by atoms with van der Waals surface area (Å²) in [5.41, 5.74) is 1.71. The molecular formula is C19H24N4O. The quantitative estimate of drug-likeness (QED) is 0.856. The topological polar surface area (TPSA) is 66.9 Å². The fourth-order valence-electron chi connectivity index (χ4n) is 3.02. The van der Waals surface area contributed by atoms with E-state index in [1.54, 1.807) is 12.4 Å². The molecule has 2 N–H and O–H groups in total. The summed E-state index contributed by atoms with van der Waals surface area (Å²) in [6.45, 7) is 0.602. The average Bonchev–Trinajstić information content (AvgIpc) is 2.64. The van der Waals surface area contributed by atoms with Crippen LogP contribution in [-0.2, 0) is 6.42 Å².